The molecule has 0 aliphatic heterocycles. The molecule has 0 N–H and O–H groups in total. The quantitative estimate of drug-likeness (QED) is 0.176. The predicted octanol–water partition coefficient (Wildman–Crippen LogP) is 10.7. The van der Waals surface area contributed by atoms with Gasteiger partial charge in [0, 0.05) is 16.7 Å². The lowest BCUT2D eigenvalue weighted by Gasteiger charge is -2.54. The van der Waals surface area contributed by atoms with Gasteiger partial charge in [-0.2, -0.15) is 13.2 Å². The molecule has 1 heterocycles. The number of hydrogen-bond acceptors (Lipinski definition) is 2. The van der Waals surface area contributed by atoms with Gasteiger partial charge in [0.05, 0.1) is 17.4 Å². The van der Waals surface area contributed by atoms with E-state index in [4.69, 9.17) is 9.41 Å². The van der Waals surface area contributed by atoms with Gasteiger partial charge in [-0.15, -0.1) is 0 Å². The minimum atomic E-state index is -4.51. The van der Waals surface area contributed by atoms with Gasteiger partial charge in [-0.05, 0) is 104 Å². The number of alkyl halides is 4. The van der Waals surface area contributed by atoms with Crippen molar-refractivity contribution < 1.29 is 26.4 Å². The summed E-state index contributed by atoms with van der Waals surface area (Å²) in [7, 11) is -1.81. The zero-order chi connectivity index (χ0) is 31.2. The Kier molecular flexibility index (Phi) is 8.94. The molecule has 3 atom stereocenters. The van der Waals surface area contributed by atoms with Crippen LogP contribution in [0.4, 0.5) is 22.0 Å². The van der Waals surface area contributed by atoms with Gasteiger partial charge in [0.25, 0.3) is 0 Å². The smallest absolute Gasteiger partial charge is 0.414 e. The Morgan fingerprint density at radius 2 is 1.70 bits per heavy atom. The van der Waals surface area contributed by atoms with E-state index in [0.717, 1.165) is 61.5 Å². The minimum Gasteiger partial charge on any atom is -0.414 e. The fraction of sp³-hybridized carbons (Fsp3) is 0.514. The van der Waals surface area contributed by atoms with Crippen LogP contribution in [0.3, 0.4) is 0 Å². The molecule has 0 radical (unpaired) electrons. The third-order valence-electron chi connectivity index (χ3n) is 9.49. The van der Waals surface area contributed by atoms with Crippen LogP contribution in [-0.4, -0.2) is 19.4 Å². The molecule has 43 heavy (non-hydrogen) atoms. The summed E-state index contributed by atoms with van der Waals surface area (Å²) in [6.07, 6.45) is 0.765. The Morgan fingerprint density at radius 3 is 2.26 bits per heavy atom. The van der Waals surface area contributed by atoms with Crippen molar-refractivity contribution in [3.63, 3.8) is 0 Å². The maximum Gasteiger partial charge on any atom is 0.416 e. The highest BCUT2D eigenvalue weighted by Gasteiger charge is 2.51. The van der Waals surface area contributed by atoms with E-state index in [1.807, 2.05) is 13.8 Å². The van der Waals surface area contributed by atoms with Crippen LogP contribution in [0.1, 0.15) is 98.6 Å². The van der Waals surface area contributed by atoms with Crippen LogP contribution in [0, 0.1) is 11.2 Å². The number of aromatic nitrogens is 1. The van der Waals surface area contributed by atoms with E-state index >= 15 is 4.39 Å². The second-order valence-corrected chi connectivity index (χ2v) is 17.7. The summed E-state index contributed by atoms with van der Waals surface area (Å²) >= 11 is 0. The fourth-order valence-electron chi connectivity index (χ4n) is 6.96. The number of rotatable bonds is 9. The minimum absolute atomic E-state index is 0.00879. The molecule has 0 amide bonds. The lowest BCUT2D eigenvalue weighted by atomic mass is 9.58. The van der Waals surface area contributed by atoms with Gasteiger partial charge in [-0.3, -0.25) is 4.98 Å². The fourth-order valence-corrected chi connectivity index (χ4v) is 9.42. The molecular weight excluding hydrogens is 573 g/mol. The molecule has 0 saturated heterocycles. The van der Waals surface area contributed by atoms with E-state index in [-0.39, 0.29) is 28.8 Å². The summed E-state index contributed by atoms with van der Waals surface area (Å²) in [5, 5.41) is 0. The van der Waals surface area contributed by atoms with Crippen LogP contribution in [0.15, 0.2) is 48.5 Å². The maximum atomic E-state index is 16.7. The third kappa shape index (κ3) is 6.46. The molecule has 1 spiro atoms. The van der Waals surface area contributed by atoms with Crippen molar-refractivity contribution in [1.82, 2.24) is 4.98 Å². The third-order valence-corrected chi connectivity index (χ3v) is 12.0. The summed E-state index contributed by atoms with van der Waals surface area (Å²) in [5.41, 5.74) is 3.58. The van der Waals surface area contributed by atoms with Crippen LogP contribution in [0.5, 0.6) is 0 Å². The van der Waals surface area contributed by atoms with Crippen LogP contribution < -0.4 is 0 Å². The lowest BCUT2D eigenvalue weighted by molar-refractivity contribution is -0.137. The van der Waals surface area contributed by atoms with Crippen molar-refractivity contribution in [2.24, 2.45) is 5.41 Å². The Labute approximate surface area is 253 Å². The monoisotopic (exact) mass is 615 g/mol. The number of hydrogen-bond donors (Lipinski definition) is 0. The van der Waals surface area contributed by atoms with E-state index in [1.165, 1.54) is 30.7 Å². The van der Waals surface area contributed by atoms with Crippen molar-refractivity contribution in [1.29, 1.82) is 0 Å². The van der Waals surface area contributed by atoms with Gasteiger partial charge >= 0.3 is 6.18 Å². The zero-order valence-electron chi connectivity index (χ0n) is 25.8. The van der Waals surface area contributed by atoms with E-state index in [9.17, 15) is 17.6 Å². The zero-order valence-corrected chi connectivity index (χ0v) is 26.8. The van der Waals surface area contributed by atoms with Gasteiger partial charge in [0.1, 0.15) is 5.82 Å². The molecule has 2 aliphatic carbocycles. The first-order valence-corrected chi connectivity index (χ1v) is 18.7. The first-order chi connectivity index (χ1) is 20.2. The van der Waals surface area contributed by atoms with Gasteiger partial charge in [0.15, 0.2) is 14.5 Å². The molecule has 0 bridgehead atoms. The Balaban J connectivity index is 1.59. The molecule has 1 saturated carbocycles. The molecular formula is C35H42F5NOSi. The molecule has 2 aliphatic rings. The maximum absolute atomic E-state index is 16.7. The Bertz CT molecular complexity index is 1430. The first kappa shape index (κ1) is 31.8. The highest BCUT2D eigenvalue weighted by atomic mass is 28.4. The molecule has 2 nitrogen and oxygen atoms in total. The number of fused-ring (bicyclic) bond motifs is 1. The molecule has 1 aromatic heterocycles. The summed E-state index contributed by atoms with van der Waals surface area (Å²) in [5.74, 6) is -0.529. The van der Waals surface area contributed by atoms with Crippen molar-refractivity contribution in [3.8, 4) is 11.1 Å². The van der Waals surface area contributed by atoms with Crippen molar-refractivity contribution in [2.45, 2.75) is 109 Å². The van der Waals surface area contributed by atoms with Gasteiger partial charge in [-0.25, -0.2) is 8.78 Å². The standard InChI is InChI=1S/C35H42F5NOSi/c1-6-7-20-43(4,5)42-29-17-19-34(29)18-16-27-28(21-34)41-33(22(2)3)31(30(27)23-10-14-26(36)15-11-23)32(37)24-8-12-25(13-9-24)35(38,39)40/h8-15,22,29,32H,6-7,16-21H2,1-5H3/t29?,32-,34?/m0/s1. The molecule has 2 aromatic carbocycles. The number of nitrogens with zero attached hydrogens (tertiary/aromatic N) is 1. The highest BCUT2D eigenvalue weighted by Crippen LogP contribution is 2.55. The van der Waals surface area contributed by atoms with Crippen LogP contribution in [0.2, 0.25) is 19.1 Å². The van der Waals surface area contributed by atoms with E-state index in [0.29, 0.717) is 28.8 Å². The van der Waals surface area contributed by atoms with Crippen LogP contribution in [0.25, 0.3) is 11.1 Å². The van der Waals surface area contributed by atoms with E-state index in [2.05, 4.69) is 20.0 Å². The predicted molar refractivity (Wildman–Crippen MR) is 164 cm³/mol. The number of pyridine rings is 1. The number of benzene rings is 2. The summed E-state index contributed by atoms with van der Waals surface area (Å²) < 4.78 is 77.3. The Morgan fingerprint density at radius 1 is 1.02 bits per heavy atom. The second-order valence-electron chi connectivity index (χ2n) is 13.4. The number of unbranched alkanes of at least 4 members (excludes halogenated alkanes) is 1. The topological polar surface area (TPSA) is 22.1 Å². The largest absolute Gasteiger partial charge is 0.416 e. The SMILES string of the molecule is CCCC[Si](C)(C)OC1CCC12CCc1c(nc(C(C)C)c([C@@H](F)c3ccc(C(F)(F)F)cc3)c1-c1ccc(F)cc1)C2. The Hall–Kier alpha value is -2.58. The normalized spacial score (nSPS) is 21.1. The average molecular weight is 616 g/mol. The lowest BCUT2D eigenvalue weighted by Crippen LogP contribution is -2.54. The molecule has 8 heteroatoms. The van der Waals surface area contributed by atoms with Crippen LogP contribution >= 0.6 is 0 Å². The van der Waals surface area contributed by atoms with E-state index < -0.39 is 26.2 Å². The molecule has 1 fully saturated rings. The van der Waals surface area contributed by atoms with Gasteiger partial charge in [-0.1, -0.05) is 57.9 Å². The summed E-state index contributed by atoms with van der Waals surface area (Å²) in [4.78, 5) is 5.14. The van der Waals surface area contributed by atoms with Crippen molar-refractivity contribution >= 4 is 8.32 Å². The average Bonchev–Trinajstić information content (AvgIpc) is 2.97. The summed E-state index contributed by atoms with van der Waals surface area (Å²) in [6, 6.07) is 11.5. The van der Waals surface area contributed by atoms with Gasteiger partial charge < -0.3 is 4.43 Å². The van der Waals surface area contributed by atoms with Gasteiger partial charge in [0.2, 0.25) is 0 Å². The van der Waals surface area contributed by atoms with Crippen molar-refractivity contribution in [3.05, 3.63) is 88.0 Å². The summed E-state index contributed by atoms with van der Waals surface area (Å²) in [6.45, 7) is 10.7. The molecule has 2 unspecified atom stereocenters. The molecule has 232 valence electrons. The van der Waals surface area contributed by atoms with E-state index in [1.54, 1.807) is 12.1 Å². The second kappa shape index (κ2) is 12.1. The number of halogens is 5. The molecule has 5 rings (SSSR count). The van der Waals surface area contributed by atoms with Crippen LogP contribution in [-0.2, 0) is 23.4 Å². The van der Waals surface area contributed by atoms with Crippen molar-refractivity contribution in [2.75, 3.05) is 0 Å². The molecule has 3 aromatic rings. The first-order valence-electron chi connectivity index (χ1n) is 15.5. The highest BCUT2D eigenvalue weighted by molar-refractivity contribution is 6.71.